The summed E-state index contributed by atoms with van der Waals surface area (Å²) >= 11 is 0. The van der Waals surface area contributed by atoms with Crippen molar-refractivity contribution in [2.24, 2.45) is 0 Å². The van der Waals surface area contributed by atoms with Gasteiger partial charge in [-0.05, 0) is 29.8 Å². The Labute approximate surface area is 147 Å². The second-order valence-corrected chi connectivity index (χ2v) is 5.60. The number of carbonyl (C=O) groups excluding carboxylic acids is 1. The number of carbonyl (C=O) groups is 1. The second-order valence-electron chi connectivity index (χ2n) is 5.60. The molecule has 0 spiro atoms. The van der Waals surface area contributed by atoms with Gasteiger partial charge in [0.1, 0.15) is 17.2 Å². The number of urea groups is 1. The van der Waals surface area contributed by atoms with Gasteiger partial charge in [-0.3, -0.25) is 15.3 Å². The number of nitrogens with zero attached hydrogens (tertiary/aromatic N) is 3. The number of anilines is 2. The Morgan fingerprint density at radius 1 is 1.12 bits per heavy atom. The largest absolute Gasteiger partial charge is 0.464 e. The number of furan rings is 1. The van der Waals surface area contributed by atoms with E-state index in [9.17, 15) is 9.18 Å². The first-order valence-corrected chi connectivity index (χ1v) is 7.85. The van der Waals surface area contributed by atoms with Crippen LogP contribution in [0.4, 0.5) is 20.8 Å². The number of halogens is 1. The third-order valence-corrected chi connectivity index (χ3v) is 3.75. The van der Waals surface area contributed by atoms with Crippen LogP contribution in [0, 0.1) is 5.82 Å². The summed E-state index contributed by atoms with van der Waals surface area (Å²) in [5.74, 6) is 0.512. The Hall–Kier alpha value is -3.68. The first-order chi connectivity index (χ1) is 12.7. The summed E-state index contributed by atoms with van der Waals surface area (Å²) in [6.07, 6.45) is 4.82. The molecule has 26 heavy (non-hydrogen) atoms. The van der Waals surface area contributed by atoms with Crippen molar-refractivity contribution in [1.82, 2.24) is 14.8 Å². The normalized spacial score (nSPS) is 10.8. The highest BCUT2D eigenvalue weighted by Gasteiger charge is 2.10. The van der Waals surface area contributed by atoms with E-state index in [-0.39, 0.29) is 5.82 Å². The predicted molar refractivity (Wildman–Crippen MR) is 94.4 cm³/mol. The molecular weight excluding hydrogens is 337 g/mol. The van der Waals surface area contributed by atoms with Gasteiger partial charge in [0.15, 0.2) is 5.82 Å². The molecule has 0 fully saturated rings. The van der Waals surface area contributed by atoms with E-state index in [0.717, 1.165) is 5.56 Å². The van der Waals surface area contributed by atoms with E-state index in [1.165, 1.54) is 18.4 Å². The van der Waals surface area contributed by atoms with Crippen LogP contribution in [0.5, 0.6) is 0 Å². The highest BCUT2D eigenvalue weighted by molar-refractivity contribution is 6.03. The Kier molecular flexibility index (Phi) is 4.06. The maximum atomic E-state index is 12.9. The van der Waals surface area contributed by atoms with Gasteiger partial charge >= 0.3 is 6.03 Å². The molecule has 0 unspecified atom stereocenters. The maximum Gasteiger partial charge on any atom is 0.326 e. The van der Waals surface area contributed by atoms with Crippen molar-refractivity contribution < 1.29 is 13.6 Å². The van der Waals surface area contributed by atoms with Crippen molar-refractivity contribution >= 4 is 28.6 Å². The Bertz CT molecular complexity index is 1050. The number of benzene rings is 1. The molecule has 0 bridgehead atoms. The molecule has 0 saturated carbocycles. The molecule has 4 rings (SSSR count). The monoisotopic (exact) mass is 351 g/mol. The average molecular weight is 351 g/mol. The van der Waals surface area contributed by atoms with E-state index >= 15 is 0 Å². The van der Waals surface area contributed by atoms with E-state index in [2.05, 4.69) is 20.7 Å². The van der Waals surface area contributed by atoms with Gasteiger partial charge in [0.05, 0.1) is 18.2 Å². The summed E-state index contributed by atoms with van der Waals surface area (Å²) in [4.78, 5) is 16.3. The lowest BCUT2D eigenvalue weighted by Crippen LogP contribution is -2.20. The third-order valence-electron chi connectivity index (χ3n) is 3.75. The molecule has 3 heterocycles. The van der Waals surface area contributed by atoms with Gasteiger partial charge in [-0.25, -0.2) is 14.2 Å². The molecule has 2 amide bonds. The highest BCUT2D eigenvalue weighted by atomic mass is 19.1. The molecular formula is C18H14FN5O2. The van der Waals surface area contributed by atoms with Crippen LogP contribution in [0.1, 0.15) is 5.56 Å². The van der Waals surface area contributed by atoms with Gasteiger partial charge in [0, 0.05) is 18.5 Å². The number of fused-ring (bicyclic) bond motifs is 1. The lowest BCUT2D eigenvalue weighted by Gasteiger charge is -2.05. The molecule has 7 nitrogen and oxygen atoms in total. The molecule has 3 aromatic heterocycles. The van der Waals surface area contributed by atoms with E-state index in [0.29, 0.717) is 29.1 Å². The van der Waals surface area contributed by atoms with E-state index in [1.807, 2.05) is 0 Å². The number of pyridine rings is 1. The minimum Gasteiger partial charge on any atom is -0.464 e. The zero-order valence-corrected chi connectivity index (χ0v) is 13.5. The van der Waals surface area contributed by atoms with Crippen molar-refractivity contribution in [2.45, 2.75) is 6.54 Å². The van der Waals surface area contributed by atoms with Gasteiger partial charge in [0.2, 0.25) is 0 Å². The molecule has 0 aliphatic rings. The van der Waals surface area contributed by atoms with Gasteiger partial charge < -0.3 is 4.42 Å². The third kappa shape index (κ3) is 3.39. The van der Waals surface area contributed by atoms with Crippen molar-refractivity contribution in [2.75, 3.05) is 10.6 Å². The molecule has 0 saturated heterocycles. The van der Waals surface area contributed by atoms with Crippen LogP contribution in [0.15, 0.2) is 65.5 Å². The number of hydrogen-bond donors (Lipinski definition) is 2. The lowest BCUT2D eigenvalue weighted by atomic mass is 10.2. The van der Waals surface area contributed by atoms with Gasteiger partial charge in [0.25, 0.3) is 0 Å². The maximum absolute atomic E-state index is 12.9. The number of aromatic nitrogens is 3. The Morgan fingerprint density at radius 2 is 1.96 bits per heavy atom. The SMILES string of the molecule is O=C(Nc1ccn(Cc2ccc(F)cc2)n1)Nc1nccc2occc12. The topological polar surface area (TPSA) is 85.0 Å². The van der Waals surface area contributed by atoms with Crippen molar-refractivity contribution in [3.05, 3.63) is 72.5 Å². The molecule has 1 aromatic carbocycles. The minimum absolute atomic E-state index is 0.283. The van der Waals surface area contributed by atoms with Crippen molar-refractivity contribution in [3.63, 3.8) is 0 Å². The first kappa shape index (κ1) is 15.8. The van der Waals surface area contributed by atoms with Gasteiger partial charge in [-0.2, -0.15) is 5.10 Å². The molecule has 8 heteroatoms. The zero-order valence-electron chi connectivity index (χ0n) is 13.5. The number of rotatable bonds is 4. The van der Waals surface area contributed by atoms with Crippen LogP contribution in [0.25, 0.3) is 11.0 Å². The highest BCUT2D eigenvalue weighted by Crippen LogP contribution is 2.21. The second kappa shape index (κ2) is 6.67. The van der Waals surface area contributed by atoms with Crippen LogP contribution in [-0.4, -0.2) is 20.8 Å². The molecule has 0 aliphatic carbocycles. The first-order valence-electron chi connectivity index (χ1n) is 7.85. The number of nitrogens with one attached hydrogen (secondary N) is 2. The van der Waals surface area contributed by atoms with Crippen molar-refractivity contribution in [1.29, 1.82) is 0 Å². The molecule has 4 aromatic rings. The summed E-state index contributed by atoms with van der Waals surface area (Å²) in [7, 11) is 0. The summed E-state index contributed by atoms with van der Waals surface area (Å²) < 4.78 is 19.9. The molecule has 2 N–H and O–H groups in total. The fraction of sp³-hybridized carbons (Fsp3) is 0.0556. The number of hydrogen-bond acceptors (Lipinski definition) is 4. The smallest absolute Gasteiger partial charge is 0.326 e. The standard InChI is InChI=1S/C18H14FN5O2/c19-13-3-1-12(2-4-13)11-24-9-6-16(23-24)21-18(25)22-17-14-7-10-26-15(14)5-8-20-17/h1-10H,11H2,(H2,20,21,22,23,25). The Balaban J connectivity index is 1.41. The summed E-state index contributed by atoms with van der Waals surface area (Å²) in [6, 6.07) is 10.8. The van der Waals surface area contributed by atoms with E-state index in [4.69, 9.17) is 4.42 Å². The van der Waals surface area contributed by atoms with Crippen LogP contribution >= 0.6 is 0 Å². The van der Waals surface area contributed by atoms with Gasteiger partial charge in [-0.15, -0.1) is 0 Å². The molecule has 0 radical (unpaired) electrons. The molecule has 0 aliphatic heterocycles. The molecule has 0 atom stereocenters. The summed E-state index contributed by atoms with van der Waals surface area (Å²) in [6.45, 7) is 0.472. The fourth-order valence-corrected chi connectivity index (χ4v) is 2.54. The van der Waals surface area contributed by atoms with Crippen LogP contribution in [-0.2, 0) is 6.54 Å². The Morgan fingerprint density at radius 3 is 2.81 bits per heavy atom. The van der Waals surface area contributed by atoms with E-state index < -0.39 is 6.03 Å². The average Bonchev–Trinajstić information content (AvgIpc) is 3.27. The van der Waals surface area contributed by atoms with Crippen LogP contribution < -0.4 is 10.6 Å². The van der Waals surface area contributed by atoms with Gasteiger partial charge in [-0.1, -0.05) is 12.1 Å². The predicted octanol–water partition coefficient (Wildman–Crippen LogP) is 3.86. The van der Waals surface area contributed by atoms with Crippen LogP contribution in [0.3, 0.4) is 0 Å². The van der Waals surface area contributed by atoms with Crippen LogP contribution in [0.2, 0.25) is 0 Å². The zero-order chi connectivity index (χ0) is 17.9. The summed E-state index contributed by atoms with van der Waals surface area (Å²) in [5.41, 5.74) is 1.54. The lowest BCUT2D eigenvalue weighted by molar-refractivity contribution is 0.262. The molecule has 130 valence electrons. The quantitative estimate of drug-likeness (QED) is 0.585. The fourth-order valence-electron chi connectivity index (χ4n) is 2.54. The van der Waals surface area contributed by atoms with Crippen molar-refractivity contribution in [3.8, 4) is 0 Å². The van der Waals surface area contributed by atoms with E-state index in [1.54, 1.807) is 47.4 Å². The number of amides is 2. The minimum atomic E-state index is -0.460. The summed E-state index contributed by atoms with van der Waals surface area (Å²) in [5, 5.41) is 10.3.